The second-order valence-electron chi connectivity index (χ2n) is 7.44. The normalized spacial score (nSPS) is 11.4. The molecule has 0 spiro atoms. The average molecular weight is 472 g/mol. The van der Waals surface area contributed by atoms with Crippen LogP contribution in [0.2, 0.25) is 0 Å². The molecule has 0 amide bonds. The van der Waals surface area contributed by atoms with E-state index in [2.05, 4.69) is 4.99 Å². The lowest BCUT2D eigenvalue weighted by molar-refractivity contribution is -0.384. The Labute approximate surface area is 197 Å². The van der Waals surface area contributed by atoms with Crippen molar-refractivity contribution in [3.8, 4) is 0 Å². The van der Waals surface area contributed by atoms with E-state index in [-0.39, 0.29) is 17.1 Å². The number of sulfonamides is 1. The van der Waals surface area contributed by atoms with Crippen molar-refractivity contribution in [2.75, 3.05) is 4.31 Å². The largest absolute Gasteiger partial charge is 0.270 e. The van der Waals surface area contributed by atoms with Crippen LogP contribution in [0.4, 0.5) is 17.1 Å². The lowest BCUT2D eigenvalue weighted by Crippen LogP contribution is -2.30. The standard InChI is InChI=1S/C26H21N3O4S/c30-29(31)25-11-7-10-22(18-25)19-27-23-14-16-24(17-15-23)28(20-21-8-3-1-4-9-21)34(32,33)26-12-5-2-6-13-26/h1-19H,20H2. The molecule has 0 saturated heterocycles. The summed E-state index contributed by atoms with van der Waals surface area (Å²) in [5.41, 5.74) is 2.53. The Bertz CT molecular complexity index is 1410. The molecule has 0 atom stereocenters. The zero-order chi connectivity index (χ0) is 24.0. The zero-order valence-electron chi connectivity index (χ0n) is 18.1. The van der Waals surface area contributed by atoms with Gasteiger partial charge in [-0.15, -0.1) is 0 Å². The lowest BCUT2D eigenvalue weighted by atomic mass is 10.2. The highest BCUT2D eigenvalue weighted by atomic mass is 32.2. The van der Waals surface area contributed by atoms with Crippen molar-refractivity contribution in [2.45, 2.75) is 11.4 Å². The predicted octanol–water partition coefficient (Wildman–Crippen LogP) is 5.74. The van der Waals surface area contributed by atoms with Gasteiger partial charge in [0, 0.05) is 18.3 Å². The van der Waals surface area contributed by atoms with E-state index in [9.17, 15) is 18.5 Å². The molecule has 4 aromatic rings. The SMILES string of the molecule is O=[N+]([O-])c1cccc(C=Nc2ccc(N(Cc3ccccc3)S(=O)(=O)c3ccccc3)cc2)c1. The molecule has 170 valence electrons. The van der Waals surface area contributed by atoms with E-state index in [1.54, 1.807) is 66.7 Å². The van der Waals surface area contributed by atoms with Crippen LogP contribution in [0.25, 0.3) is 0 Å². The number of aliphatic imine (C=N–C) groups is 1. The minimum Gasteiger partial charge on any atom is -0.262 e. The number of anilines is 1. The van der Waals surface area contributed by atoms with E-state index in [4.69, 9.17) is 0 Å². The summed E-state index contributed by atoms with van der Waals surface area (Å²) < 4.78 is 28.3. The predicted molar refractivity (Wildman–Crippen MR) is 133 cm³/mol. The molecular formula is C26H21N3O4S. The van der Waals surface area contributed by atoms with Crippen LogP contribution >= 0.6 is 0 Å². The molecule has 0 aliphatic rings. The molecule has 4 aromatic carbocycles. The van der Waals surface area contributed by atoms with Crippen LogP contribution in [0.1, 0.15) is 11.1 Å². The van der Waals surface area contributed by atoms with E-state index in [1.165, 1.54) is 22.7 Å². The molecule has 0 aromatic heterocycles. The van der Waals surface area contributed by atoms with Crippen LogP contribution in [0.3, 0.4) is 0 Å². The molecule has 8 heteroatoms. The summed E-state index contributed by atoms with van der Waals surface area (Å²) in [7, 11) is -3.80. The number of hydrogen-bond donors (Lipinski definition) is 0. The number of hydrogen-bond acceptors (Lipinski definition) is 5. The summed E-state index contributed by atoms with van der Waals surface area (Å²) in [4.78, 5) is 15.1. The number of nitro groups is 1. The topological polar surface area (TPSA) is 92.9 Å². The molecule has 0 radical (unpaired) electrons. The molecule has 0 fully saturated rings. The van der Waals surface area contributed by atoms with Gasteiger partial charge in [-0.3, -0.25) is 19.4 Å². The maximum atomic E-state index is 13.5. The highest BCUT2D eigenvalue weighted by Gasteiger charge is 2.25. The number of nitrogens with zero attached hydrogens (tertiary/aromatic N) is 3. The molecule has 34 heavy (non-hydrogen) atoms. The van der Waals surface area contributed by atoms with Gasteiger partial charge in [0.1, 0.15) is 0 Å². The summed E-state index contributed by atoms with van der Waals surface area (Å²) in [5.74, 6) is 0. The summed E-state index contributed by atoms with van der Waals surface area (Å²) >= 11 is 0. The van der Waals surface area contributed by atoms with Crippen LogP contribution in [-0.4, -0.2) is 19.6 Å². The smallest absolute Gasteiger partial charge is 0.262 e. The summed E-state index contributed by atoms with van der Waals surface area (Å²) in [5, 5.41) is 11.0. The van der Waals surface area contributed by atoms with Crippen LogP contribution in [0, 0.1) is 10.1 Å². The van der Waals surface area contributed by atoms with Gasteiger partial charge in [-0.05, 0) is 47.5 Å². The van der Waals surface area contributed by atoms with Gasteiger partial charge in [0.2, 0.25) is 0 Å². The Morgan fingerprint density at radius 1 is 0.824 bits per heavy atom. The average Bonchev–Trinajstić information content (AvgIpc) is 2.87. The maximum Gasteiger partial charge on any atom is 0.270 e. The number of rotatable bonds is 8. The van der Waals surface area contributed by atoms with E-state index in [0.717, 1.165) is 5.56 Å². The van der Waals surface area contributed by atoms with Crippen molar-refractivity contribution < 1.29 is 13.3 Å². The Kier molecular flexibility index (Phi) is 6.79. The summed E-state index contributed by atoms with van der Waals surface area (Å²) in [6.07, 6.45) is 1.53. The minimum atomic E-state index is -3.80. The Morgan fingerprint density at radius 3 is 2.12 bits per heavy atom. The molecule has 0 aliphatic heterocycles. The first kappa shape index (κ1) is 22.9. The highest BCUT2D eigenvalue weighted by molar-refractivity contribution is 7.92. The number of benzene rings is 4. The van der Waals surface area contributed by atoms with Gasteiger partial charge in [-0.1, -0.05) is 60.7 Å². The van der Waals surface area contributed by atoms with Gasteiger partial charge in [-0.25, -0.2) is 8.42 Å². The second kappa shape index (κ2) is 10.1. The van der Waals surface area contributed by atoms with E-state index >= 15 is 0 Å². The molecule has 0 unspecified atom stereocenters. The summed E-state index contributed by atoms with van der Waals surface area (Å²) in [6.45, 7) is 0.175. The van der Waals surface area contributed by atoms with Crippen LogP contribution in [0.5, 0.6) is 0 Å². The molecule has 0 N–H and O–H groups in total. The third-order valence-corrected chi connectivity index (χ3v) is 6.87. The fourth-order valence-corrected chi connectivity index (χ4v) is 4.83. The van der Waals surface area contributed by atoms with E-state index < -0.39 is 14.9 Å². The fourth-order valence-electron chi connectivity index (χ4n) is 3.36. The molecule has 4 rings (SSSR count). The third-order valence-electron chi connectivity index (χ3n) is 5.08. The van der Waals surface area contributed by atoms with Gasteiger partial charge in [0.25, 0.3) is 15.7 Å². The molecule has 0 saturated carbocycles. The lowest BCUT2D eigenvalue weighted by Gasteiger charge is -2.25. The van der Waals surface area contributed by atoms with Crippen molar-refractivity contribution in [1.29, 1.82) is 0 Å². The van der Waals surface area contributed by atoms with Crippen molar-refractivity contribution in [1.82, 2.24) is 0 Å². The van der Waals surface area contributed by atoms with Crippen molar-refractivity contribution in [3.05, 3.63) is 130 Å². The highest BCUT2D eigenvalue weighted by Crippen LogP contribution is 2.28. The van der Waals surface area contributed by atoms with E-state index in [1.807, 2.05) is 30.3 Å². The Balaban J connectivity index is 1.63. The van der Waals surface area contributed by atoms with Crippen LogP contribution in [0.15, 0.2) is 119 Å². The van der Waals surface area contributed by atoms with Gasteiger partial charge >= 0.3 is 0 Å². The van der Waals surface area contributed by atoms with Crippen molar-refractivity contribution >= 4 is 33.3 Å². The summed E-state index contributed by atoms with van der Waals surface area (Å²) in [6, 6.07) is 30.7. The van der Waals surface area contributed by atoms with Gasteiger partial charge in [0.15, 0.2) is 0 Å². The first-order valence-corrected chi connectivity index (χ1v) is 11.9. The monoisotopic (exact) mass is 471 g/mol. The number of non-ortho nitro benzene ring substituents is 1. The number of nitro benzene ring substituents is 1. The first-order valence-electron chi connectivity index (χ1n) is 10.4. The zero-order valence-corrected chi connectivity index (χ0v) is 18.9. The molecule has 0 bridgehead atoms. The maximum absolute atomic E-state index is 13.5. The second-order valence-corrected chi connectivity index (χ2v) is 9.30. The van der Waals surface area contributed by atoms with Crippen molar-refractivity contribution in [2.24, 2.45) is 4.99 Å². The Hall–Kier alpha value is -4.30. The first-order chi connectivity index (χ1) is 16.4. The van der Waals surface area contributed by atoms with E-state index in [0.29, 0.717) is 16.9 Å². The van der Waals surface area contributed by atoms with Gasteiger partial charge in [-0.2, -0.15) is 0 Å². The van der Waals surface area contributed by atoms with Crippen LogP contribution < -0.4 is 4.31 Å². The quantitative estimate of drug-likeness (QED) is 0.186. The van der Waals surface area contributed by atoms with Gasteiger partial charge in [0.05, 0.1) is 27.7 Å². The molecule has 0 aliphatic carbocycles. The molecular weight excluding hydrogens is 450 g/mol. The van der Waals surface area contributed by atoms with Crippen molar-refractivity contribution in [3.63, 3.8) is 0 Å². The minimum absolute atomic E-state index is 0.0121. The third kappa shape index (κ3) is 5.36. The molecule has 0 heterocycles. The van der Waals surface area contributed by atoms with Gasteiger partial charge < -0.3 is 0 Å². The fraction of sp³-hybridized carbons (Fsp3) is 0.0385. The Morgan fingerprint density at radius 2 is 1.47 bits per heavy atom. The molecule has 7 nitrogen and oxygen atoms in total. The van der Waals surface area contributed by atoms with Crippen LogP contribution in [-0.2, 0) is 16.6 Å².